The molecule has 1 aromatic carbocycles. The highest BCUT2D eigenvalue weighted by Gasteiger charge is 2.56. The number of anilines is 1. The van der Waals surface area contributed by atoms with Crippen molar-refractivity contribution in [3.63, 3.8) is 0 Å². The SMILES string of the molecule is N#Cc1ccc(NC(=O)N[C@@H]2[C@@H]3Cc4cc(Br)ccc4[C@@H]32)nc1. The molecule has 2 N–H and O–H groups in total. The molecule has 0 radical (unpaired) electrons. The van der Waals surface area contributed by atoms with E-state index in [2.05, 4.69) is 49.7 Å². The Balaban J connectivity index is 1.38. The summed E-state index contributed by atoms with van der Waals surface area (Å²) in [6, 6.07) is 11.6. The number of aromatic nitrogens is 1. The number of hydrogen-bond donors (Lipinski definition) is 2. The number of benzene rings is 1. The van der Waals surface area contributed by atoms with Crippen LogP contribution in [0.5, 0.6) is 0 Å². The number of carbonyl (C=O) groups excluding carboxylic acids is 1. The van der Waals surface area contributed by atoms with E-state index in [0.29, 0.717) is 23.2 Å². The quantitative estimate of drug-likeness (QED) is 0.854. The number of amides is 2. The topological polar surface area (TPSA) is 77.8 Å². The van der Waals surface area contributed by atoms with Crippen LogP contribution in [0.2, 0.25) is 0 Å². The Morgan fingerprint density at radius 1 is 1.35 bits per heavy atom. The first-order valence-corrected chi connectivity index (χ1v) is 8.17. The largest absolute Gasteiger partial charge is 0.334 e. The summed E-state index contributed by atoms with van der Waals surface area (Å²) >= 11 is 3.50. The van der Waals surface area contributed by atoms with Crippen molar-refractivity contribution in [1.82, 2.24) is 10.3 Å². The van der Waals surface area contributed by atoms with Crippen LogP contribution < -0.4 is 10.6 Å². The lowest BCUT2D eigenvalue weighted by Gasteiger charge is -2.11. The number of hydrogen-bond acceptors (Lipinski definition) is 3. The number of carbonyl (C=O) groups is 1. The van der Waals surface area contributed by atoms with Gasteiger partial charge in [0.2, 0.25) is 0 Å². The van der Waals surface area contributed by atoms with Gasteiger partial charge in [-0.2, -0.15) is 5.26 Å². The zero-order valence-electron chi connectivity index (χ0n) is 12.1. The molecule has 1 heterocycles. The third kappa shape index (κ3) is 2.57. The van der Waals surface area contributed by atoms with Crippen molar-refractivity contribution in [2.45, 2.75) is 18.4 Å². The van der Waals surface area contributed by atoms with E-state index in [0.717, 1.165) is 10.9 Å². The first kappa shape index (κ1) is 14.2. The van der Waals surface area contributed by atoms with Crippen molar-refractivity contribution in [2.24, 2.45) is 5.92 Å². The lowest BCUT2D eigenvalue weighted by atomic mass is 10.1. The highest BCUT2D eigenvalue weighted by molar-refractivity contribution is 9.10. The number of fused-ring (bicyclic) bond motifs is 3. The fraction of sp³-hybridized carbons (Fsp3) is 0.235. The van der Waals surface area contributed by atoms with Gasteiger partial charge in [-0.15, -0.1) is 0 Å². The Hall–Kier alpha value is -2.39. The van der Waals surface area contributed by atoms with Gasteiger partial charge in [-0.05, 0) is 47.7 Å². The van der Waals surface area contributed by atoms with E-state index in [4.69, 9.17) is 5.26 Å². The fourth-order valence-electron chi connectivity index (χ4n) is 3.42. The molecule has 3 atom stereocenters. The fourth-order valence-corrected chi connectivity index (χ4v) is 3.83. The maximum absolute atomic E-state index is 12.1. The molecule has 2 aromatic rings. The third-order valence-electron chi connectivity index (χ3n) is 4.52. The van der Waals surface area contributed by atoms with Crippen LogP contribution in [-0.2, 0) is 6.42 Å². The van der Waals surface area contributed by atoms with Gasteiger partial charge in [-0.1, -0.05) is 22.0 Å². The second-order valence-corrected chi connectivity index (χ2v) is 6.82. The summed E-state index contributed by atoms with van der Waals surface area (Å²) in [4.78, 5) is 16.1. The van der Waals surface area contributed by atoms with E-state index in [1.807, 2.05) is 6.07 Å². The summed E-state index contributed by atoms with van der Waals surface area (Å²) in [7, 11) is 0. The van der Waals surface area contributed by atoms with Gasteiger partial charge in [-0.25, -0.2) is 9.78 Å². The number of halogens is 1. The van der Waals surface area contributed by atoms with Gasteiger partial charge in [0.05, 0.1) is 5.56 Å². The molecule has 2 aliphatic rings. The molecule has 2 aliphatic carbocycles. The minimum absolute atomic E-state index is 0.196. The molecule has 1 aromatic heterocycles. The standard InChI is InChI=1S/C17H13BrN4O/c18-11-2-3-12-10(5-11)6-13-15(12)16(13)22-17(23)21-14-4-1-9(7-19)8-20-14/h1-5,8,13,15-16H,6H2,(H2,20,21,22,23)/t13-,15+,16-/m1/s1. The maximum atomic E-state index is 12.1. The molecule has 0 bridgehead atoms. The van der Waals surface area contributed by atoms with Gasteiger partial charge in [-0.3, -0.25) is 5.32 Å². The summed E-state index contributed by atoms with van der Waals surface area (Å²) in [5.74, 6) is 1.37. The van der Waals surface area contributed by atoms with Crippen LogP contribution in [0.25, 0.3) is 0 Å². The second-order valence-electron chi connectivity index (χ2n) is 5.91. The van der Waals surface area contributed by atoms with E-state index in [1.165, 1.54) is 17.3 Å². The lowest BCUT2D eigenvalue weighted by molar-refractivity contribution is 0.251. The minimum Gasteiger partial charge on any atom is -0.334 e. The molecule has 0 saturated heterocycles. The van der Waals surface area contributed by atoms with Crippen molar-refractivity contribution in [3.05, 3.63) is 57.7 Å². The Morgan fingerprint density at radius 3 is 2.96 bits per heavy atom. The first-order chi connectivity index (χ1) is 11.2. The Labute approximate surface area is 141 Å². The van der Waals surface area contributed by atoms with E-state index in [9.17, 15) is 4.79 Å². The average molecular weight is 369 g/mol. The molecule has 114 valence electrons. The van der Waals surface area contributed by atoms with Gasteiger partial charge < -0.3 is 5.32 Å². The van der Waals surface area contributed by atoms with Gasteiger partial charge in [0.1, 0.15) is 11.9 Å². The molecule has 0 unspecified atom stereocenters. The predicted molar refractivity (Wildman–Crippen MR) is 89.0 cm³/mol. The van der Waals surface area contributed by atoms with Crippen LogP contribution in [0, 0.1) is 17.2 Å². The minimum atomic E-state index is -0.250. The average Bonchev–Trinajstić information content (AvgIpc) is 3.05. The molecule has 23 heavy (non-hydrogen) atoms. The molecular formula is C17H13BrN4O. The smallest absolute Gasteiger partial charge is 0.320 e. The number of urea groups is 1. The second kappa shape index (κ2) is 5.36. The Kier molecular flexibility index (Phi) is 3.31. The van der Waals surface area contributed by atoms with Crippen LogP contribution in [0.15, 0.2) is 41.0 Å². The van der Waals surface area contributed by atoms with E-state index < -0.39 is 0 Å². The van der Waals surface area contributed by atoms with Crippen molar-refractivity contribution in [3.8, 4) is 6.07 Å². The summed E-state index contributed by atoms with van der Waals surface area (Å²) < 4.78 is 1.10. The number of nitrogens with zero attached hydrogens (tertiary/aromatic N) is 2. The molecule has 1 fully saturated rings. The normalized spacial score (nSPS) is 23.4. The Bertz CT molecular complexity index is 827. The number of rotatable bonds is 2. The monoisotopic (exact) mass is 368 g/mol. The summed E-state index contributed by atoms with van der Waals surface area (Å²) in [6.45, 7) is 0. The first-order valence-electron chi connectivity index (χ1n) is 7.38. The zero-order valence-corrected chi connectivity index (χ0v) is 13.7. The third-order valence-corrected chi connectivity index (χ3v) is 5.01. The van der Waals surface area contributed by atoms with Gasteiger partial charge in [0.15, 0.2) is 0 Å². The molecule has 6 heteroatoms. The number of nitrogens with one attached hydrogen (secondary N) is 2. The van der Waals surface area contributed by atoms with E-state index in [-0.39, 0.29) is 12.1 Å². The predicted octanol–water partition coefficient (Wildman–Crippen LogP) is 3.18. The highest BCUT2D eigenvalue weighted by Crippen LogP contribution is 2.56. The molecule has 4 rings (SSSR count). The molecule has 0 spiro atoms. The van der Waals surface area contributed by atoms with Gasteiger partial charge >= 0.3 is 6.03 Å². The summed E-state index contributed by atoms with van der Waals surface area (Å²) in [5, 5.41) is 14.5. The zero-order chi connectivity index (χ0) is 16.0. The van der Waals surface area contributed by atoms with Crippen molar-refractivity contribution < 1.29 is 4.79 Å². The highest BCUT2D eigenvalue weighted by atomic mass is 79.9. The number of nitriles is 1. The molecule has 2 amide bonds. The Morgan fingerprint density at radius 2 is 2.22 bits per heavy atom. The van der Waals surface area contributed by atoms with Crippen LogP contribution in [0.1, 0.15) is 22.6 Å². The molecule has 1 saturated carbocycles. The lowest BCUT2D eigenvalue weighted by Crippen LogP contribution is -2.33. The van der Waals surface area contributed by atoms with Crippen molar-refractivity contribution in [2.75, 3.05) is 5.32 Å². The van der Waals surface area contributed by atoms with Gasteiger partial charge in [0.25, 0.3) is 0 Å². The van der Waals surface area contributed by atoms with Gasteiger partial charge in [0, 0.05) is 22.6 Å². The molecule has 5 nitrogen and oxygen atoms in total. The maximum Gasteiger partial charge on any atom is 0.320 e. The van der Waals surface area contributed by atoms with Crippen LogP contribution in [0.4, 0.5) is 10.6 Å². The molecular weight excluding hydrogens is 356 g/mol. The van der Waals surface area contributed by atoms with Crippen LogP contribution in [0.3, 0.4) is 0 Å². The summed E-state index contributed by atoms with van der Waals surface area (Å²) in [6.07, 6.45) is 2.45. The molecule has 0 aliphatic heterocycles. The van der Waals surface area contributed by atoms with Crippen molar-refractivity contribution >= 4 is 27.8 Å². The summed E-state index contributed by atoms with van der Waals surface area (Å²) in [5.41, 5.74) is 3.19. The van der Waals surface area contributed by atoms with Crippen LogP contribution >= 0.6 is 15.9 Å². The van der Waals surface area contributed by atoms with E-state index in [1.54, 1.807) is 12.1 Å². The number of pyridine rings is 1. The van der Waals surface area contributed by atoms with Crippen LogP contribution in [-0.4, -0.2) is 17.1 Å². The van der Waals surface area contributed by atoms with E-state index >= 15 is 0 Å². The van der Waals surface area contributed by atoms with Crippen molar-refractivity contribution in [1.29, 1.82) is 5.26 Å².